The smallest absolute Gasteiger partial charge is 0.305 e. The van der Waals surface area contributed by atoms with Gasteiger partial charge < -0.3 is 14.9 Å². The number of amides is 1. The van der Waals surface area contributed by atoms with Crippen molar-refractivity contribution in [3.63, 3.8) is 0 Å². The normalized spacial score (nSPS) is 16.8. The number of rotatable bonds is 8. The summed E-state index contributed by atoms with van der Waals surface area (Å²) in [6, 6.07) is 8.37. The summed E-state index contributed by atoms with van der Waals surface area (Å²) in [7, 11) is 0. The summed E-state index contributed by atoms with van der Waals surface area (Å²) in [5, 5.41) is 18.9. The molecule has 2 aromatic rings. The van der Waals surface area contributed by atoms with E-state index in [0.29, 0.717) is 61.0 Å². The average Bonchev–Trinajstić information content (AvgIpc) is 3.18. The molecular formula is C27H28FN5O4S2. The number of hydrogen-bond donors (Lipinski definition) is 1. The highest BCUT2D eigenvalue weighted by Crippen LogP contribution is 2.36. The molecule has 0 bridgehead atoms. The van der Waals surface area contributed by atoms with E-state index in [-0.39, 0.29) is 34.2 Å². The minimum absolute atomic E-state index is 0.0183. The molecule has 2 fully saturated rings. The van der Waals surface area contributed by atoms with Crippen molar-refractivity contribution in [3.05, 3.63) is 62.0 Å². The van der Waals surface area contributed by atoms with Crippen LogP contribution in [0.3, 0.4) is 0 Å². The number of nitriles is 1. The van der Waals surface area contributed by atoms with Gasteiger partial charge in [-0.05, 0) is 49.2 Å². The number of anilines is 2. The zero-order valence-electron chi connectivity index (χ0n) is 21.6. The Morgan fingerprint density at radius 1 is 1.15 bits per heavy atom. The maximum absolute atomic E-state index is 13.4. The predicted molar refractivity (Wildman–Crippen MR) is 153 cm³/mol. The average molecular weight is 570 g/mol. The topological polar surface area (TPSA) is 110 Å². The molecule has 1 aromatic carbocycles. The number of piperazine rings is 1. The van der Waals surface area contributed by atoms with Gasteiger partial charge in [-0.2, -0.15) is 5.26 Å². The Balaban J connectivity index is 1.75. The first kappa shape index (κ1) is 28.3. The molecule has 39 heavy (non-hydrogen) atoms. The molecule has 0 unspecified atom stereocenters. The molecule has 0 atom stereocenters. The monoisotopic (exact) mass is 569 g/mol. The third-order valence-corrected chi connectivity index (χ3v) is 8.14. The number of nitrogens with zero attached hydrogens (tertiary/aromatic N) is 5. The predicted octanol–water partition coefficient (Wildman–Crippen LogP) is 3.58. The van der Waals surface area contributed by atoms with E-state index in [1.54, 1.807) is 29.7 Å². The number of carbonyl (C=O) groups excluding carboxylic acids is 1. The van der Waals surface area contributed by atoms with Crippen LogP contribution in [0.25, 0.3) is 6.08 Å². The molecule has 3 heterocycles. The summed E-state index contributed by atoms with van der Waals surface area (Å²) in [5.41, 5.74) is 1.61. The quantitative estimate of drug-likeness (QED) is 0.377. The zero-order chi connectivity index (χ0) is 28.3. The highest BCUT2D eigenvalue weighted by molar-refractivity contribution is 8.26. The highest BCUT2D eigenvalue weighted by Gasteiger charge is 2.34. The number of halogens is 1. The molecule has 9 nitrogen and oxygen atoms in total. The van der Waals surface area contributed by atoms with Crippen molar-refractivity contribution in [1.29, 1.82) is 5.26 Å². The van der Waals surface area contributed by atoms with Crippen LogP contribution >= 0.6 is 24.0 Å². The van der Waals surface area contributed by atoms with E-state index >= 15 is 0 Å². The van der Waals surface area contributed by atoms with Crippen LogP contribution in [0.2, 0.25) is 0 Å². The second kappa shape index (κ2) is 12.0. The summed E-state index contributed by atoms with van der Waals surface area (Å²) < 4.78 is 15.3. The van der Waals surface area contributed by atoms with E-state index in [1.807, 2.05) is 13.0 Å². The van der Waals surface area contributed by atoms with E-state index < -0.39 is 11.9 Å². The molecule has 0 spiro atoms. The molecule has 12 heteroatoms. The van der Waals surface area contributed by atoms with Crippen molar-refractivity contribution >= 4 is 57.8 Å². The van der Waals surface area contributed by atoms with E-state index in [2.05, 4.69) is 9.80 Å². The first-order valence-electron chi connectivity index (χ1n) is 12.6. The Morgan fingerprint density at radius 3 is 2.38 bits per heavy atom. The van der Waals surface area contributed by atoms with Crippen LogP contribution in [-0.4, -0.2) is 63.5 Å². The molecule has 1 aromatic heterocycles. The lowest BCUT2D eigenvalue weighted by Crippen LogP contribution is -2.48. The number of carbonyl (C=O) groups is 2. The van der Waals surface area contributed by atoms with Gasteiger partial charge in [0.15, 0.2) is 0 Å². The number of thiocarbonyl (C=S) groups is 1. The van der Waals surface area contributed by atoms with Gasteiger partial charge in [-0.25, -0.2) is 4.39 Å². The molecule has 0 aliphatic carbocycles. The highest BCUT2D eigenvalue weighted by atomic mass is 32.2. The van der Waals surface area contributed by atoms with Gasteiger partial charge in [0.2, 0.25) is 0 Å². The minimum Gasteiger partial charge on any atom is -0.481 e. The minimum atomic E-state index is -1.03. The van der Waals surface area contributed by atoms with Gasteiger partial charge in [-0.15, -0.1) is 0 Å². The maximum atomic E-state index is 13.4. The van der Waals surface area contributed by atoms with Gasteiger partial charge in [0.05, 0.1) is 11.3 Å². The van der Waals surface area contributed by atoms with Crippen LogP contribution in [0, 0.1) is 24.1 Å². The number of aliphatic carboxylic acids is 1. The number of aromatic nitrogens is 1. The summed E-state index contributed by atoms with van der Waals surface area (Å²) in [6.45, 7) is 6.38. The van der Waals surface area contributed by atoms with Gasteiger partial charge in [-0.1, -0.05) is 30.9 Å². The lowest BCUT2D eigenvalue weighted by molar-refractivity contribution is -0.137. The summed E-state index contributed by atoms with van der Waals surface area (Å²) in [5.74, 6) is -1.10. The number of thioether (sulfide) groups is 1. The second-order valence-corrected chi connectivity index (χ2v) is 10.9. The van der Waals surface area contributed by atoms with Crippen molar-refractivity contribution in [1.82, 2.24) is 9.47 Å². The Morgan fingerprint density at radius 2 is 1.79 bits per heavy atom. The fraction of sp³-hybridized carbons (Fsp3) is 0.370. The third-order valence-electron chi connectivity index (χ3n) is 6.76. The van der Waals surface area contributed by atoms with Crippen molar-refractivity contribution in [2.24, 2.45) is 0 Å². The molecule has 1 amide bonds. The molecule has 204 valence electrons. The first-order valence-corrected chi connectivity index (χ1v) is 13.8. The molecule has 0 saturated carbocycles. The molecule has 2 aliphatic rings. The molecule has 2 aliphatic heterocycles. The van der Waals surface area contributed by atoms with Crippen LogP contribution in [0.4, 0.5) is 15.9 Å². The van der Waals surface area contributed by atoms with Gasteiger partial charge in [0.25, 0.3) is 11.5 Å². The van der Waals surface area contributed by atoms with Crippen molar-refractivity contribution in [3.8, 4) is 6.07 Å². The van der Waals surface area contributed by atoms with Crippen molar-refractivity contribution in [2.75, 3.05) is 42.5 Å². The lowest BCUT2D eigenvalue weighted by atomic mass is 10.0. The fourth-order valence-electron chi connectivity index (χ4n) is 4.78. The number of carboxylic acids is 1. The molecule has 4 rings (SSSR count). The fourth-order valence-corrected chi connectivity index (χ4v) is 6.07. The Bertz CT molecular complexity index is 1440. The van der Waals surface area contributed by atoms with Crippen molar-refractivity contribution < 1.29 is 19.1 Å². The molecule has 1 N–H and O–H groups in total. The standard InChI is InChI=1S/C27H28FN5O4S2/c1-3-9-32-24(31-13-11-30(12-14-31)19-6-4-18(28)5-7-19)20(17(2)21(16-29)25(32)36)15-22-26(37)33(27(38)39-22)10-8-23(34)35/h4-7,15H,3,8-14H2,1-2H3,(H,34,35)/b22-15+. The summed E-state index contributed by atoms with van der Waals surface area (Å²) in [4.78, 5) is 43.4. The second-order valence-electron chi connectivity index (χ2n) is 9.23. The van der Waals surface area contributed by atoms with Crippen LogP contribution in [0.15, 0.2) is 34.0 Å². The Labute approximate surface area is 235 Å². The van der Waals surface area contributed by atoms with Crippen LogP contribution < -0.4 is 15.4 Å². The van der Waals surface area contributed by atoms with Gasteiger partial charge in [0.1, 0.15) is 27.6 Å². The Kier molecular flexibility index (Phi) is 8.72. The van der Waals surface area contributed by atoms with Gasteiger partial charge in [0, 0.05) is 50.5 Å². The van der Waals surface area contributed by atoms with Crippen LogP contribution in [0.5, 0.6) is 0 Å². The van der Waals surface area contributed by atoms with Crippen LogP contribution in [-0.2, 0) is 16.1 Å². The van der Waals surface area contributed by atoms with Crippen LogP contribution in [0.1, 0.15) is 36.5 Å². The number of pyridine rings is 1. The lowest BCUT2D eigenvalue weighted by Gasteiger charge is -2.39. The molecule has 2 saturated heterocycles. The Hall–Kier alpha value is -3.69. The van der Waals surface area contributed by atoms with E-state index in [0.717, 1.165) is 17.4 Å². The summed E-state index contributed by atoms with van der Waals surface area (Å²) >= 11 is 6.42. The SMILES string of the molecule is CCCn1c(N2CCN(c3ccc(F)cc3)CC2)c(/C=C2/SC(=S)N(CCC(=O)O)C2=O)c(C)c(C#N)c1=O. The number of benzene rings is 1. The van der Waals surface area contributed by atoms with E-state index in [1.165, 1.54) is 17.0 Å². The molecule has 0 radical (unpaired) electrons. The van der Waals surface area contributed by atoms with E-state index in [9.17, 15) is 24.0 Å². The largest absolute Gasteiger partial charge is 0.481 e. The first-order chi connectivity index (χ1) is 18.7. The van der Waals surface area contributed by atoms with E-state index in [4.69, 9.17) is 17.3 Å². The summed E-state index contributed by atoms with van der Waals surface area (Å²) in [6.07, 6.45) is 2.10. The van der Waals surface area contributed by atoms with Gasteiger partial charge >= 0.3 is 5.97 Å². The van der Waals surface area contributed by atoms with Gasteiger partial charge in [-0.3, -0.25) is 23.9 Å². The third kappa shape index (κ3) is 5.84. The zero-order valence-corrected chi connectivity index (χ0v) is 23.3. The number of hydrogen-bond acceptors (Lipinski definition) is 8. The maximum Gasteiger partial charge on any atom is 0.305 e. The number of carboxylic acid groups (broad SMARTS) is 1. The molecular weight excluding hydrogens is 541 g/mol. The van der Waals surface area contributed by atoms with Crippen molar-refractivity contribution in [2.45, 2.75) is 33.2 Å².